The first kappa shape index (κ1) is 17.4. The number of benzene rings is 1. The van der Waals surface area contributed by atoms with Gasteiger partial charge in [-0.25, -0.2) is 0 Å². The fourth-order valence-corrected chi connectivity index (χ4v) is 3.27. The van der Waals surface area contributed by atoms with Crippen molar-refractivity contribution in [3.8, 4) is 0 Å². The van der Waals surface area contributed by atoms with Crippen molar-refractivity contribution in [1.82, 2.24) is 4.90 Å². The number of morpholine rings is 1. The molecule has 2 saturated heterocycles. The highest BCUT2D eigenvalue weighted by Crippen LogP contribution is 2.25. The zero-order chi connectivity index (χ0) is 17.0. The summed E-state index contributed by atoms with van der Waals surface area (Å²) in [4.78, 5) is 14.9. The molecule has 1 amide bonds. The van der Waals surface area contributed by atoms with Crippen LogP contribution in [0.1, 0.15) is 31.4 Å². The van der Waals surface area contributed by atoms with E-state index < -0.39 is 5.54 Å². The Morgan fingerprint density at radius 1 is 1.21 bits per heavy atom. The first-order valence-corrected chi connectivity index (χ1v) is 8.68. The summed E-state index contributed by atoms with van der Waals surface area (Å²) < 4.78 is 10.7. The molecule has 2 heterocycles. The van der Waals surface area contributed by atoms with Gasteiger partial charge in [0.2, 0.25) is 5.91 Å². The quantitative estimate of drug-likeness (QED) is 0.874. The van der Waals surface area contributed by atoms with E-state index in [0.29, 0.717) is 32.1 Å². The minimum absolute atomic E-state index is 0.123. The number of rotatable bonds is 4. The molecule has 1 aromatic carbocycles. The number of nitrogens with zero attached hydrogens (tertiary/aromatic N) is 1. The molecule has 1 unspecified atom stereocenters. The van der Waals surface area contributed by atoms with Gasteiger partial charge >= 0.3 is 0 Å². The third-order valence-electron chi connectivity index (χ3n) is 5.06. The number of hydrogen-bond acceptors (Lipinski definition) is 5. The molecule has 0 saturated carbocycles. The number of amides is 1. The smallest absolute Gasteiger partial charge is 0.244 e. The van der Waals surface area contributed by atoms with Crippen molar-refractivity contribution in [2.24, 2.45) is 5.73 Å². The Hall–Kier alpha value is -1.47. The lowest BCUT2D eigenvalue weighted by Gasteiger charge is -2.33. The number of carbonyl (C=O) groups is 1. The third-order valence-corrected chi connectivity index (χ3v) is 5.06. The maximum atomic E-state index is 12.6. The van der Waals surface area contributed by atoms with Gasteiger partial charge in [0.1, 0.15) is 5.54 Å². The zero-order valence-electron chi connectivity index (χ0n) is 14.3. The molecule has 6 nitrogen and oxygen atoms in total. The van der Waals surface area contributed by atoms with E-state index in [1.165, 1.54) is 5.56 Å². The van der Waals surface area contributed by atoms with Gasteiger partial charge in [-0.15, -0.1) is 0 Å². The zero-order valence-corrected chi connectivity index (χ0v) is 14.3. The summed E-state index contributed by atoms with van der Waals surface area (Å²) in [5.74, 6) is -0.123. The van der Waals surface area contributed by atoms with Crippen LogP contribution >= 0.6 is 0 Å². The van der Waals surface area contributed by atoms with Crippen LogP contribution in [0.2, 0.25) is 0 Å². The van der Waals surface area contributed by atoms with Crippen molar-refractivity contribution in [2.45, 2.75) is 31.3 Å². The normalized spacial score (nSPS) is 22.8. The van der Waals surface area contributed by atoms with E-state index in [0.717, 1.165) is 32.0 Å². The lowest BCUT2D eigenvalue weighted by atomic mass is 9.90. The van der Waals surface area contributed by atoms with E-state index in [9.17, 15) is 4.79 Å². The molecule has 1 atom stereocenters. The molecule has 3 rings (SSSR count). The highest BCUT2D eigenvalue weighted by molar-refractivity contribution is 5.98. The summed E-state index contributed by atoms with van der Waals surface area (Å²) in [5.41, 5.74) is 7.41. The highest BCUT2D eigenvalue weighted by atomic mass is 16.5. The Morgan fingerprint density at radius 3 is 2.58 bits per heavy atom. The Balaban J connectivity index is 1.67. The van der Waals surface area contributed by atoms with Gasteiger partial charge in [0.05, 0.1) is 13.2 Å². The molecule has 132 valence electrons. The Morgan fingerprint density at radius 2 is 1.88 bits per heavy atom. The molecule has 6 heteroatoms. The van der Waals surface area contributed by atoms with E-state index in [1.54, 1.807) is 0 Å². The predicted octanol–water partition coefficient (Wildman–Crippen LogP) is 1.53. The van der Waals surface area contributed by atoms with Crippen LogP contribution in [0.25, 0.3) is 0 Å². The van der Waals surface area contributed by atoms with Crippen molar-refractivity contribution in [2.75, 3.05) is 44.8 Å². The van der Waals surface area contributed by atoms with Crippen LogP contribution in [0.4, 0.5) is 5.69 Å². The summed E-state index contributed by atoms with van der Waals surface area (Å²) >= 11 is 0. The standard InChI is InChI=1S/C18H27N3O3/c1-14(21-7-11-24-12-8-21)15-3-2-4-16(13-15)20-17(22)18(19)5-9-23-10-6-18/h2-4,13-14H,5-12,19H2,1H3,(H,20,22). The van der Waals surface area contributed by atoms with Crippen molar-refractivity contribution in [3.05, 3.63) is 29.8 Å². The molecule has 1 aromatic rings. The fourth-order valence-electron chi connectivity index (χ4n) is 3.27. The van der Waals surface area contributed by atoms with Crippen LogP contribution in [0.15, 0.2) is 24.3 Å². The maximum Gasteiger partial charge on any atom is 0.244 e. The molecular weight excluding hydrogens is 306 g/mol. The molecule has 2 aliphatic rings. The van der Waals surface area contributed by atoms with Crippen molar-refractivity contribution < 1.29 is 14.3 Å². The van der Waals surface area contributed by atoms with Gasteiger partial charge < -0.3 is 20.5 Å². The fraction of sp³-hybridized carbons (Fsp3) is 0.611. The maximum absolute atomic E-state index is 12.6. The summed E-state index contributed by atoms with van der Waals surface area (Å²) in [5, 5.41) is 2.99. The second-order valence-electron chi connectivity index (χ2n) is 6.67. The minimum Gasteiger partial charge on any atom is -0.381 e. The van der Waals surface area contributed by atoms with Crippen molar-refractivity contribution >= 4 is 11.6 Å². The molecule has 0 spiro atoms. The van der Waals surface area contributed by atoms with Crippen molar-refractivity contribution in [3.63, 3.8) is 0 Å². The van der Waals surface area contributed by atoms with Gasteiger partial charge in [0.25, 0.3) is 0 Å². The average Bonchev–Trinajstić information content (AvgIpc) is 2.62. The van der Waals surface area contributed by atoms with Crippen LogP contribution in [0.3, 0.4) is 0 Å². The van der Waals surface area contributed by atoms with E-state index in [4.69, 9.17) is 15.2 Å². The van der Waals surface area contributed by atoms with E-state index in [2.05, 4.69) is 23.2 Å². The number of anilines is 1. The Kier molecular flexibility index (Phi) is 5.50. The summed E-state index contributed by atoms with van der Waals surface area (Å²) in [6.07, 6.45) is 1.12. The molecule has 2 aliphatic heterocycles. The molecular formula is C18H27N3O3. The summed E-state index contributed by atoms with van der Waals surface area (Å²) in [7, 11) is 0. The number of hydrogen-bond donors (Lipinski definition) is 2. The first-order chi connectivity index (χ1) is 11.6. The largest absolute Gasteiger partial charge is 0.381 e. The first-order valence-electron chi connectivity index (χ1n) is 8.68. The molecule has 0 radical (unpaired) electrons. The van der Waals surface area contributed by atoms with Crippen LogP contribution in [0, 0.1) is 0 Å². The van der Waals surface area contributed by atoms with Gasteiger partial charge in [-0.05, 0) is 37.5 Å². The van der Waals surface area contributed by atoms with Crippen molar-refractivity contribution in [1.29, 1.82) is 0 Å². The monoisotopic (exact) mass is 333 g/mol. The van der Waals surface area contributed by atoms with E-state index in [-0.39, 0.29) is 5.91 Å². The van der Waals surface area contributed by atoms with Crippen LogP contribution in [-0.2, 0) is 14.3 Å². The van der Waals surface area contributed by atoms with E-state index >= 15 is 0 Å². The second kappa shape index (κ2) is 7.61. The second-order valence-corrected chi connectivity index (χ2v) is 6.67. The summed E-state index contributed by atoms with van der Waals surface area (Å²) in [6, 6.07) is 8.33. The number of nitrogens with two attached hydrogens (primary N) is 1. The summed E-state index contributed by atoms with van der Waals surface area (Å²) in [6.45, 7) is 6.69. The van der Waals surface area contributed by atoms with E-state index in [1.807, 2.05) is 18.2 Å². The lowest BCUT2D eigenvalue weighted by molar-refractivity contribution is -0.124. The molecule has 3 N–H and O–H groups in total. The SMILES string of the molecule is CC(c1cccc(NC(=O)C2(N)CCOCC2)c1)N1CCOCC1. The number of nitrogens with one attached hydrogen (secondary N) is 1. The van der Waals surface area contributed by atoms with Crippen LogP contribution in [-0.4, -0.2) is 55.9 Å². The van der Waals surface area contributed by atoms with Gasteiger partial charge in [0, 0.05) is 38.0 Å². The molecule has 0 aromatic heterocycles. The van der Waals surface area contributed by atoms with Gasteiger partial charge in [0.15, 0.2) is 0 Å². The Bertz CT molecular complexity index is 566. The number of carbonyl (C=O) groups excluding carboxylic acids is 1. The minimum atomic E-state index is -0.829. The predicted molar refractivity (Wildman–Crippen MR) is 92.9 cm³/mol. The van der Waals surface area contributed by atoms with Crippen LogP contribution in [0.5, 0.6) is 0 Å². The highest BCUT2D eigenvalue weighted by Gasteiger charge is 2.36. The van der Waals surface area contributed by atoms with Gasteiger partial charge in [-0.2, -0.15) is 0 Å². The Labute approximate surface area is 143 Å². The molecule has 2 fully saturated rings. The topological polar surface area (TPSA) is 76.8 Å². The average molecular weight is 333 g/mol. The van der Waals surface area contributed by atoms with Gasteiger partial charge in [-0.3, -0.25) is 9.69 Å². The molecule has 24 heavy (non-hydrogen) atoms. The third kappa shape index (κ3) is 3.95. The van der Waals surface area contributed by atoms with Gasteiger partial charge in [-0.1, -0.05) is 12.1 Å². The molecule has 0 aliphatic carbocycles. The molecule has 0 bridgehead atoms. The van der Waals surface area contributed by atoms with Crippen LogP contribution < -0.4 is 11.1 Å². The lowest BCUT2D eigenvalue weighted by Crippen LogP contribution is -2.54. The number of ether oxygens (including phenoxy) is 2.